The van der Waals surface area contributed by atoms with E-state index in [0.717, 1.165) is 12.0 Å². The second kappa shape index (κ2) is 11.2. The molecule has 0 radical (unpaired) electrons. The molecule has 1 aliphatic rings. The molecule has 0 spiro atoms. The van der Waals surface area contributed by atoms with Gasteiger partial charge in [0, 0.05) is 38.3 Å². The van der Waals surface area contributed by atoms with Crippen LogP contribution in [0.5, 0.6) is 0 Å². The maximum atomic E-state index is 13.1. The van der Waals surface area contributed by atoms with E-state index in [1.54, 1.807) is 24.1 Å². The Bertz CT molecular complexity index is 1070. The number of benzene rings is 2. The van der Waals surface area contributed by atoms with Crippen molar-refractivity contribution in [3.8, 4) is 0 Å². The highest BCUT2D eigenvalue weighted by atomic mass is 32.2. The van der Waals surface area contributed by atoms with E-state index in [4.69, 9.17) is 0 Å². The van der Waals surface area contributed by atoms with E-state index in [-0.39, 0.29) is 22.8 Å². The van der Waals surface area contributed by atoms with Gasteiger partial charge in [0.2, 0.25) is 15.9 Å². The van der Waals surface area contributed by atoms with E-state index in [1.807, 2.05) is 30.3 Å². The van der Waals surface area contributed by atoms with Gasteiger partial charge in [0.15, 0.2) is 0 Å². The Balaban J connectivity index is 1.61. The lowest BCUT2D eigenvalue weighted by Crippen LogP contribution is -2.36. The summed E-state index contributed by atoms with van der Waals surface area (Å²) >= 11 is 0. The smallest absolute Gasteiger partial charge is 0.253 e. The van der Waals surface area contributed by atoms with E-state index < -0.39 is 10.0 Å². The van der Waals surface area contributed by atoms with Crippen LogP contribution in [0.4, 0.5) is 0 Å². The molecule has 0 aliphatic carbocycles. The van der Waals surface area contributed by atoms with Gasteiger partial charge in [0.1, 0.15) is 0 Å². The molecule has 1 saturated heterocycles. The van der Waals surface area contributed by atoms with Crippen molar-refractivity contribution in [2.75, 3.05) is 26.7 Å². The minimum Gasteiger partial charge on any atom is -0.350 e. The molecule has 2 aromatic rings. The summed E-state index contributed by atoms with van der Waals surface area (Å²) in [7, 11) is -1.93. The first kappa shape index (κ1) is 24.7. The van der Waals surface area contributed by atoms with Crippen molar-refractivity contribution in [3.63, 3.8) is 0 Å². The van der Waals surface area contributed by atoms with Gasteiger partial charge in [-0.25, -0.2) is 8.42 Å². The van der Waals surface area contributed by atoms with Gasteiger partial charge < -0.3 is 10.2 Å². The van der Waals surface area contributed by atoms with Crippen molar-refractivity contribution in [1.29, 1.82) is 0 Å². The zero-order chi connectivity index (χ0) is 23.8. The highest BCUT2D eigenvalue weighted by Crippen LogP contribution is 2.21. The van der Waals surface area contributed by atoms with Crippen LogP contribution in [0.1, 0.15) is 35.2 Å². The van der Waals surface area contributed by atoms with E-state index >= 15 is 0 Å². The molecule has 1 unspecified atom stereocenters. The molecule has 7 nitrogen and oxygen atoms in total. The molecule has 1 N–H and O–H groups in total. The predicted molar refractivity (Wildman–Crippen MR) is 128 cm³/mol. The SMILES string of the molecule is C=CC(=O)NC1CCCN(S(=O)(=O)c2ccc(C(=O)N(C)CCc3ccccc3)cc2)CC1. The van der Waals surface area contributed by atoms with E-state index in [0.29, 0.717) is 44.5 Å². The van der Waals surface area contributed by atoms with Crippen molar-refractivity contribution < 1.29 is 18.0 Å². The molecule has 1 heterocycles. The van der Waals surface area contributed by atoms with Gasteiger partial charge in [-0.15, -0.1) is 0 Å². The number of hydrogen-bond donors (Lipinski definition) is 1. The lowest BCUT2D eigenvalue weighted by molar-refractivity contribution is -0.117. The Morgan fingerprint density at radius 2 is 1.79 bits per heavy atom. The monoisotopic (exact) mass is 469 g/mol. The summed E-state index contributed by atoms with van der Waals surface area (Å²) in [4.78, 5) is 26.1. The maximum Gasteiger partial charge on any atom is 0.253 e. The number of rotatable bonds is 8. The normalized spacial score (nSPS) is 17.1. The fourth-order valence-corrected chi connectivity index (χ4v) is 5.39. The zero-order valence-corrected chi connectivity index (χ0v) is 19.8. The van der Waals surface area contributed by atoms with E-state index in [9.17, 15) is 18.0 Å². The zero-order valence-electron chi connectivity index (χ0n) is 18.9. The second-order valence-corrected chi connectivity index (χ2v) is 10.2. The first-order valence-electron chi connectivity index (χ1n) is 11.1. The fourth-order valence-electron chi connectivity index (χ4n) is 3.90. The minimum absolute atomic E-state index is 0.0675. The van der Waals surface area contributed by atoms with Gasteiger partial charge in [0.05, 0.1) is 4.90 Å². The van der Waals surface area contributed by atoms with E-state index in [1.165, 1.54) is 22.5 Å². The van der Waals surface area contributed by atoms with Crippen LogP contribution >= 0.6 is 0 Å². The van der Waals surface area contributed by atoms with Crippen molar-refractivity contribution in [2.24, 2.45) is 0 Å². The first-order chi connectivity index (χ1) is 15.8. The Morgan fingerprint density at radius 1 is 1.09 bits per heavy atom. The lowest BCUT2D eigenvalue weighted by Gasteiger charge is -2.21. The van der Waals surface area contributed by atoms with Crippen LogP contribution in [0.25, 0.3) is 0 Å². The number of likely N-dealkylation sites (N-methyl/N-ethyl adjacent to an activating group) is 1. The Morgan fingerprint density at radius 3 is 2.45 bits per heavy atom. The molecule has 0 saturated carbocycles. The Kier molecular flexibility index (Phi) is 8.41. The number of nitrogens with one attached hydrogen (secondary N) is 1. The highest BCUT2D eigenvalue weighted by molar-refractivity contribution is 7.89. The molecular formula is C25H31N3O4S. The summed E-state index contributed by atoms with van der Waals surface area (Å²) in [5.74, 6) is -0.393. The summed E-state index contributed by atoms with van der Waals surface area (Å²) in [6.07, 6.45) is 3.89. The molecular weight excluding hydrogens is 438 g/mol. The topological polar surface area (TPSA) is 86.8 Å². The molecule has 0 aromatic heterocycles. The summed E-state index contributed by atoms with van der Waals surface area (Å²) in [5.41, 5.74) is 1.61. The molecule has 33 heavy (non-hydrogen) atoms. The molecule has 0 bridgehead atoms. The van der Waals surface area contributed by atoms with Gasteiger partial charge in [-0.05, 0) is 61.6 Å². The lowest BCUT2D eigenvalue weighted by atomic mass is 10.1. The van der Waals surface area contributed by atoms with Crippen molar-refractivity contribution in [2.45, 2.75) is 36.6 Å². The average molecular weight is 470 g/mol. The third kappa shape index (κ3) is 6.52. The van der Waals surface area contributed by atoms with Crippen LogP contribution in [0.2, 0.25) is 0 Å². The maximum absolute atomic E-state index is 13.1. The van der Waals surface area contributed by atoms with Crippen LogP contribution in [0, 0.1) is 0 Å². The summed E-state index contributed by atoms with van der Waals surface area (Å²) in [5, 5.41) is 2.85. The minimum atomic E-state index is -3.68. The molecule has 3 rings (SSSR count). The van der Waals surface area contributed by atoms with Gasteiger partial charge in [-0.3, -0.25) is 9.59 Å². The number of amides is 2. The van der Waals surface area contributed by atoms with E-state index in [2.05, 4.69) is 11.9 Å². The number of carbonyl (C=O) groups excluding carboxylic acids is 2. The molecule has 176 valence electrons. The van der Waals surface area contributed by atoms with Gasteiger partial charge in [0.25, 0.3) is 5.91 Å². The first-order valence-corrected chi connectivity index (χ1v) is 12.6. The van der Waals surface area contributed by atoms with Crippen LogP contribution < -0.4 is 5.32 Å². The van der Waals surface area contributed by atoms with Crippen LogP contribution in [-0.2, 0) is 21.2 Å². The van der Waals surface area contributed by atoms with Crippen LogP contribution in [-0.4, -0.2) is 62.2 Å². The largest absolute Gasteiger partial charge is 0.350 e. The molecule has 1 atom stereocenters. The molecule has 2 aromatic carbocycles. The van der Waals surface area contributed by atoms with Gasteiger partial charge in [-0.1, -0.05) is 36.9 Å². The number of hydrogen-bond acceptors (Lipinski definition) is 4. The fraction of sp³-hybridized carbons (Fsp3) is 0.360. The molecule has 1 aliphatic heterocycles. The summed E-state index contributed by atoms with van der Waals surface area (Å²) in [6.45, 7) is 4.74. The molecule has 2 amide bonds. The summed E-state index contributed by atoms with van der Waals surface area (Å²) in [6, 6.07) is 16.0. The summed E-state index contributed by atoms with van der Waals surface area (Å²) < 4.78 is 27.7. The average Bonchev–Trinajstić information content (AvgIpc) is 3.08. The Hall–Kier alpha value is -2.97. The third-order valence-corrected chi connectivity index (χ3v) is 7.80. The highest BCUT2D eigenvalue weighted by Gasteiger charge is 2.28. The quantitative estimate of drug-likeness (QED) is 0.603. The van der Waals surface area contributed by atoms with Crippen molar-refractivity contribution in [1.82, 2.24) is 14.5 Å². The Labute approximate surface area is 196 Å². The molecule has 1 fully saturated rings. The van der Waals surface area contributed by atoms with Crippen molar-refractivity contribution in [3.05, 3.63) is 78.4 Å². The van der Waals surface area contributed by atoms with Crippen LogP contribution in [0.15, 0.2) is 72.1 Å². The standard InChI is InChI=1S/C25H31N3O4S/c1-3-24(29)26-22-10-7-17-28(19-16-22)33(31,32)23-13-11-21(12-14-23)25(30)27(2)18-15-20-8-5-4-6-9-20/h3-6,8-9,11-14,22H,1,7,10,15-19H2,2H3,(H,26,29). The third-order valence-electron chi connectivity index (χ3n) is 5.88. The van der Waals surface area contributed by atoms with Gasteiger partial charge >= 0.3 is 0 Å². The van der Waals surface area contributed by atoms with Crippen LogP contribution in [0.3, 0.4) is 0 Å². The number of nitrogens with zero attached hydrogens (tertiary/aromatic N) is 2. The number of carbonyl (C=O) groups is 2. The number of sulfonamides is 1. The van der Waals surface area contributed by atoms with Gasteiger partial charge in [-0.2, -0.15) is 4.31 Å². The van der Waals surface area contributed by atoms with Crippen molar-refractivity contribution >= 4 is 21.8 Å². The predicted octanol–water partition coefficient (Wildman–Crippen LogP) is 2.85. The second-order valence-electron chi connectivity index (χ2n) is 8.23. The molecule has 8 heteroatoms.